The van der Waals surface area contributed by atoms with Crippen molar-refractivity contribution in [2.24, 2.45) is 0 Å². The molecule has 0 amide bonds. The van der Waals surface area contributed by atoms with Crippen molar-refractivity contribution in [1.29, 1.82) is 0 Å². The molecule has 1 N–H and O–H groups in total. The van der Waals surface area contributed by atoms with E-state index in [1.54, 1.807) is 0 Å². The van der Waals surface area contributed by atoms with Crippen LogP contribution in [0.25, 0.3) is 0 Å². The highest BCUT2D eigenvalue weighted by Crippen LogP contribution is 2.21. The molecule has 110 valence electrons. The molecule has 1 aromatic heterocycles. The van der Waals surface area contributed by atoms with Gasteiger partial charge in [-0.2, -0.15) is 0 Å². The van der Waals surface area contributed by atoms with Gasteiger partial charge in [0.25, 0.3) is 0 Å². The highest BCUT2D eigenvalue weighted by molar-refractivity contribution is 5.68. The van der Waals surface area contributed by atoms with Gasteiger partial charge in [-0.1, -0.05) is 0 Å². The maximum Gasteiger partial charge on any atom is 0.329 e. The molecular formula is C13H19N3O4. The number of rotatable bonds is 6. The SMILES string of the molecule is CCOc1cc(N2CCC(OCC(=O)O)CC2)ncn1. The quantitative estimate of drug-likeness (QED) is 0.830. The predicted octanol–water partition coefficient (Wildman–Crippen LogP) is 0.945. The summed E-state index contributed by atoms with van der Waals surface area (Å²) in [6.45, 7) is 3.82. The summed E-state index contributed by atoms with van der Waals surface area (Å²) in [5.74, 6) is 0.478. The van der Waals surface area contributed by atoms with Crippen molar-refractivity contribution in [3.8, 4) is 5.88 Å². The van der Waals surface area contributed by atoms with Gasteiger partial charge in [0.1, 0.15) is 18.8 Å². The molecule has 0 saturated carbocycles. The molecule has 20 heavy (non-hydrogen) atoms. The van der Waals surface area contributed by atoms with Gasteiger partial charge in [0.15, 0.2) is 0 Å². The number of nitrogens with zero attached hydrogens (tertiary/aromatic N) is 3. The molecular weight excluding hydrogens is 262 g/mol. The fourth-order valence-electron chi connectivity index (χ4n) is 2.17. The first kappa shape index (κ1) is 14.5. The van der Waals surface area contributed by atoms with Crippen LogP contribution in [-0.2, 0) is 9.53 Å². The second-order valence-electron chi connectivity index (χ2n) is 4.54. The molecule has 0 unspecified atom stereocenters. The van der Waals surface area contributed by atoms with Crippen LogP contribution in [0.1, 0.15) is 19.8 Å². The maximum atomic E-state index is 10.5. The van der Waals surface area contributed by atoms with Crippen molar-refractivity contribution < 1.29 is 19.4 Å². The lowest BCUT2D eigenvalue weighted by atomic mass is 10.1. The van der Waals surface area contributed by atoms with Crippen LogP contribution in [0.4, 0.5) is 5.82 Å². The van der Waals surface area contributed by atoms with Gasteiger partial charge in [0, 0.05) is 19.2 Å². The highest BCUT2D eigenvalue weighted by atomic mass is 16.5. The minimum Gasteiger partial charge on any atom is -0.480 e. The number of carboxylic acid groups (broad SMARTS) is 1. The van der Waals surface area contributed by atoms with Gasteiger partial charge in [0.05, 0.1) is 12.7 Å². The summed E-state index contributed by atoms with van der Waals surface area (Å²) < 4.78 is 10.7. The van der Waals surface area contributed by atoms with Gasteiger partial charge in [-0.15, -0.1) is 0 Å². The Bertz CT molecular complexity index is 447. The van der Waals surface area contributed by atoms with Crippen molar-refractivity contribution in [1.82, 2.24) is 9.97 Å². The minimum absolute atomic E-state index is 0.00977. The molecule has 1 aliphatic heterocycles. The summed E-state index contributed by atoms with van der Waals surface area (Å²) in [5, 5.41) is 8.59. The average molecular weight is 281 g/mol. The summed E-state index contributed by atoms with van der Waals surface area (Å²) in [6, 6.07) is 1.82. The lowest BCUT2D eigenvalue weighted by Gasteiger charge is -2.32. The molecule has 0 spiro atoms. The number of carboxylic acids is 1. The van der Waals surface area contributed by atoms with Gasteiger partial charge < -0.3 is 19.5 Å². The summed E-state index contributed by atoms with van der Waals surface area (Å²) in [7, 11) is 0. The monoisotopic (exact) mass is 281 g/mol. The standard InChI is InChI=1S/C13H19N3O4/c1-2-19-12-7-11(14-9-15-12)16-5-3-10(4-6-16)20-8-13(17)18/h7,9-10H,2-6,8H2,1H3,(H,17,18). The Morgan fingerprint density at radius 2 is 2.20 bits per heavy atom. The topological polar surface area (TPSA) is 84.8 Å². The summed E-state index contributed by atoms with van der Waals surface area (Å²) in [4.78, 5) is 20.9. The number of hydrogen-bond donors (Lipinski definition) is 1. The third-order valence-corrected chi connectivity index (χ3v) is 3.13. The Hall–Kier alpha value is -1.89. The molecule has 1 fully saturated rings. The van der Waals surface area contributed by atoms with E-state index in [1.807, 2.05) is 13.0 Å². The Kier molecular flexibility index (Phi) is 5.11. The Balaban J connectivity index is 1.86. The largest absolute Gasteiger partial charge is 0.480 e. The van der Waals surface area contributed by atoms with Gasteiger partial charge in [0.2, 0.25) is 5.88 Å². The Morgan fingerprint density at radius 3 is 2.85 bits per heavy atom. The molecule has 0 atom stereocenters. The summed E-state index contributed by atoms with van der Waals surface area (Å²) >= 11 is 0. The van der Waals surface area contributed by atoms with Gasteiger partial charge in [-0.3, -0.25) is 0 Å². The van der Waals surface area contributed by atoms with E-state index in [0.29, 0.717) is 12.5 Å². The van der Waals surface area contributed by atoms with Crippen LogP contribution < -0.4 is 9.64 Å². The third-order valence-electron chi connectivity index (χ3n) is 3.13. The fraction of sp³-hybridized carbons (Fsp3) is 0.615. The van der Waals surface area contributed by atoms with E-state index < -0.39 is 5.97 Å². The molecule has 1 aliphatic rings. The fourth-order valence-corrected chi connectivity index (χ4v) is 2.17. The molecule has 2 rings (SSSR count). The molecule has 2 heterocycles. The lowest BCUT2D eigenvalue weighted by molar-refractivity contribution is -0.144. The molecule has 0 aromatic carbocycles. The number of aliphatic carboxylic acids is 1. The molecule has 0 bridgehead atoms. The minimum atomic E-state index is -0.926. The summed E-state index contributed by atoms with van der Waals surface area (Å²) in [6.07, 6.45) is 3.09. The average Bonchev–Trinajstić information content (AvgIpc) is 2.46. The second kappa shape index (κ2) is 7.04. The molecule has 7 heteroatoms. The van der Waals surface area contributed by atoms with Crippen molar-refractivity contribution in [2.75, 3.05) is 31.2 Å². The van der Waals surface area contributed by atoms with E-state index in [-0.39, 0.29) is 12.7 Å². The smallest absolute Gasteiger partial charge is 0.329 e. The van der Waals surface area contributed by atoms with Crippen LogP contribution in [0.15, 0.2) is 12.4 Å². The summed E-state index contributed by atoms with van der Waals surface area (Å²) in [5.41, 5.74) is 0. The van der Waals surface area contributed by atoms with E-state index in [4.69, 9.17) is 14.6 Å². The van der Waals surface area contributed by atoms with Crippen LogP contribution in [-0.4, -0.2) is 53.5 Å². The first-order valence-corrected chi connectivity index (χ1v) is 6.72. The van der Waals surface area contributed by atoms with Gasteiger partial charge >= 0.3 is 5.97 Å². The van der Waals surface area contributed by atoms with Crippen LogP contribution in [0.3, 0.4) is 0 Å². The van der Waals surface area contributed by atoms with Crippen LogP contribution >= 0.6 is 0 Å². The van der Waals surface area contributed by atoms with Gasteiger partial charge in [-0.05, 0) is 19.8 Å². The number of piperidine rings is 1. The van der Waals surface area contributed by atoms with E-state index >= 15 is 0 Å². The Labute approximate surface area is 117 Å². The Morgan fingerprint density at radius 1 is 1.45 bits per heavy atom. The van der Waals surface area contributed by atoms with Gasteiger partial charge in [-0.25, -0.2) is 14.8 Å². The van der Waals surface area contributed by atoms with E-state index in [2.05, 4.69) is 14.9 Å². The zero-order chi connectivity index (χ0) is 14.4. The van der Waals surface area contributed by atoms with E-state index in [0.717, 1.165) is 31.7 Å². The van der Waals surface area contributed by atoms with Crippen molar-refractivity contribution >= 4 is 11.8 Å². The molecule has 1 aromatic rings. The second-order valence-corrected chi connectivity index (χ2v) is 4.54. The first-order chi connectivity index (χ1) is 9.69. The number of hydrogen-bond acceptors (Lipinski definition) is 6. The molecule has 0 aliphatic carbocycles. The number of ether oxygens (including phenoxy) is 2. The van der Waals surface area contributed by atoms with Crippen molar-refractivity contribution in [3.05, 3.63) is 12.4 Å². The van der Waals surface area contributed by atoms with Crippen LogP contribution in [0.2, 0.25) is 0 Å². The molecule has 1 saturated heterocycles. The zero-order valence-electron chi connectivity index (χ0n) is 11.5. The van der Waals surface area contributed by atoms with Crippen LogP contribution in [0, 0.1) is 0 Å². The van der Waals surface area contributed by atoms with E-state index in [1.165, 1.54) is 6.33 Å². The van der Waals surface area contributed by atoms with E-state index in [9.17, 15) is 4.79 Å². The van der Waals surface area contributed by atoms with Crippen LogP contribution in [0.5, 0.6) is 5.88 Å². The normalized spacial score (nSPS) is 16.1. The third kappa shape index (κ3) is 4.06. The molecule has 0 radical (unpaired) electrons. The number of aromatic nitrogens is 2. The predicted molar refractivity (Wildman–Crippen MR) is 72.0 cm³/mol. The zero-order valence-corrected chi connectivity index (χ0v) is 11.5. The lowest BCUT2D eigenvalue weighted by Crippen LogP contribution is -2.38. The number of carbonyl (C=O) groups is 1. The molecule has 7 nitrogen and oxygen atoms in total. The maximum absolute atomic E-state index is 10.5. The highest BCUT2D eigenvalue weighted by Gasteiger charge is 2.21. The first-order valence-electron chi connectivity index (χ1n) is 6.72. The van der Waals surface area contributed by atoms with Crippen molar-refractivity contribution in [2.45, 2.75) is 25.9 Å². The number of anilines is 1. The van der Waals surface area contributed by atoms with Crippen molar-refractivity contribution in [3.63, 3.8) is 0 Å².